The lowest BCUT2D eigenvalue weighted by molar-refractivity contribution is -0.102. The highest BCUT2D eigenvalue weighted by Crippen LogP contribution is 2.31. The molecule has 0 atom stereocenters. The van der Waals surface area contributed by atoms with Gasteiger partial charge in [0.25, 0.3) is 0 Å². The minimum absolute atomic E-state index is 0.376. The number of hydrogen-bond acceptors (Lipinski definition) is 4. The second kappa shape index (κ2) is 3.22. The highest BCUT2D eigenvalue weighted by Gasteiger charge is 2.10. The molecule has 1 aromatic carbocycles. The zero-order valence-electron chi connectivity index (χ0n) is 7.07. The van der Waals surface area contributed by atoms with Crippen molar-refractivity contribution >= 4 is 29.8 Å². The summed E-state index contributed by atoms with van der Waals surface area (Å²) in [5.74, 6) is 0.376. The van der Waals surface area contributed by atoms with E-state index in [1.54, 1.807) is 0 Å². The maximum absolute atomic E-state index is 10.4. The number of nitrogens with one attached hydrogen (secondary N) is 1. The summed E-state index contributed by atoms with van der Waals surface area (Å²) in [7, 11) is 0. The van der Waals surface area contributed by atoms with E-state index in [0.29, 0.717) is 5.84 Å². The van der Waals surface area contributed by atoms with Gasteiger partial charge in [-0.2, -0.15) is 0 Å². The number of carbonyl (C=O) groups excluding carboxylic acids is 1. The van der Waals surface area contributed by atoms with Crippen LogP contribution in [0.4, 0.5) is 5.69 Å². The summed E-state index contributed by atoms with van der Waals surface area (Å²) in [6.07, 6.45) is 0.718. The van der Waals surface area contributed by atoms with Gasteiger partial charge >= 0.3 is 0 Å². The maximum Gasteiger partial charge on any atom is 0.185 e. The Balaban J connectivity index is 2.48. The molecule has 0 saturated carbocycles. The van der Waals surface area contributed by atoms with Crippen molar-refractivity contribution in [3.05, 3.63) is 23.8 Å². The van der Waals surface area contributed by atoms with Gasteiger partial charge in [0.2, 0.25) is 0 Å². The predicted molar refractivity (Wildman–Crippen MR) is 53.3 cm³/mol. The first-order chi connectivity index (χ1) is 6.29. The topological polar surface area (TPSA) is 41.5 Å². The van der Waals surface area contributed by atoms with E-state index in [9.17, 15) is 4.79 Å². The Morgan fingerprint density at radius 2 is 2.38 bits per heavy atom. The second-order valence-corrected chi connectivity index (χ2v) is 3.64. The van der Waals surface area contributed by atoms with Gasteiger partial charge in [-0.05, 0) is 36.6 Å². The largest absolute Gasteiger partial charge is 0.307 e. The van der Waals surface area contributed by atoms with Crippen LogP contribution in [0, 0.1) is 6.92 Å². The van der Waals surface area contributed by atoms with Gasteiger partial charge < -0.3 is 4.72 Å². The standard InChI is InChI=1S/C9H8N2OS/c1-6-2-3-7-8(4-6)13-11-9(5-12)10-7/h2-5H,1H3,(H,10,11). The number of benzene rings is 1. The Labute approximate surface area is 80.4 Å². The summed E-state index contributed by atoms with van der Waals surface area (Å²) < 4.78 is 2.85. The molecule has 1 aromatic rings. The smallest absolute Gasteiger partial charge is 0.185 e. The fourth-order valence-corrected chi connectivity index (χ4v) is 1.88. The first-order valence-electron chi connectivity index (χ1n) is 3.87. The molecule has 1 heterocycles. The fraction of sp³-hybridized carbons (Fsp3) is 0.111. The molecule has 0 aromatic heterocycles. The van der Waals surface area contributed by atoms with Crippen LogP contribution in [0.5, 0.6) is 0 Å². The minimum atomic E-state index is 0.376. The number of aliphatic imine (C=N–C) groups is 1. The lowest BCUT2D eigenvalue weighted by Gasteiger charge is -2.13. The molecule has 3 nitrogen and oxygen atoms in total. The van der Waals surface area contributed by atoms with E-state index in [0.717, 1.165) is 16.9 Å². The van der Waals surface area contributed by atoms with Crippen molar-refractivity contribution in [3.63, 3.8) is 0 Å². The van der Waals surface area contributed by atoms with E-state index in [4.69, 9.17) is 0 Å². The van der Waals surface area contributed by atoms with E-state index in [-0.39, 0.29) is 0 Å². The van der Waals surface area contributed by atoms with Crippen LogP contribution in [-0.4, -0.2) is 12.1 Å². The number of fused-ring (bicyclic) bond motifs is 1. The van der Waals surface area contributed by atoms with Gasteiger partial charge in [0, 0.05) is 0 Å². The highest BCUT2D eigenvalue weighted by molar-refractivity contribution is 7.98. The van der Waals surface area contributed by atoms with Gasteiger partial charge in [-0.15, -0.1) is 0 Å². The zero-order valence-corrected chi connectivity index (χ0v) is 7.89. The highest BCUT2D eigenvalue weighted by atomic mass is 32.2. The maximum atomic E-state index is 10.4. The van der Waals surface area contributed by atoms with E-state index in [2.05, 4.69) is 9.71 Å². The van der Waals surface area contributed by atoms with Gasteiger partial charge in [-0.25, -0.2) is 4.99 Å². The third-order valence-electron chi connectivity index (χ3n) is 1.73. The van der Waals surface area contributed by atoms with Gasteiger partial charge in [0.1, 0.15) is 0 Å². The van der Waals surface area contributed by atoms with Crippen molar-refractivity contribution in [1.29, 1.82) is 0 Å². The van der Waals surface area contributed by atoms with Crippen molar-refractivity contribution in [3.8, 4) is 0 Å². The Hall–Kier alpha value is -1.29. The molecule has 1 aliphatic rings. The average Bonchev–Trinajstić information content (AvgIpc) is 2.17. The summed E-state index contributed by atoms with van der Waals surface area (Å²) in [6.45, 7) is 2.03. The van der Waals surface area contributed by atoms with Crippen molar-refractivity contribution in [2.45, 2.75) is 11.8 Å². The molecule has 1 N–H and O–H groups in total. The number of rotatable bonds is 1. The molecule has 13 heavy (non-hydrogen) atoms. The molecule has 66 valence electrons. The number of nitrogens with zero attached hydrogens (tertiary/aromatic N) is 1. The number of carbonyl (C=O) groups is 1. The molecule has 2 rings (SSSR count). The van der Waals surface area contributed by atoms with Crippen LogP contribution in [0.1, 0.15) is 5.56 Å². The van der Waals surface area contributed by atoms with Gasteiger partial charge in [-0.3, -0.25) is 4.79 Å². The van der Waals surface area contributed by atoms with E-state index in [1.165, 1.54) is 17.5 Å². The Bertz CT molecular complexity index is 387. The SMILES string of the molecule is Cc1ccc2c(c1)SNC(C=O)=N2. The number of hydrogen-bond donors (Lipinski definition) is 1. The van der Waals surface area contributed by atoms with Crippen molar-refractivity contribution in [2.24, 2.45) is 4.99 Å². The second-order valence-electron chi connectivity index (χ2n) is 2.79. The molecular weight excluding hydrogens is 184 g/mol. The molecule has 0 bridgehead atoms. The van der Waals surface area contributed by atoms with Crippen LogP contribution in [-0.2, 0) is 4.79 Å². The minimum Gasteiger partial charge on any atom is -0.307 e. The van der Waals surface area contributed by atoms with E-state index < -0.39 is 0 Å². The van der Waals surface area contributed by atoms with Crippen molar-refractivity contribution in [2.75, 3.05) is 0 Å². The van der Waals surface area contributed by atoms with Crippen LogP contribution < -0.4 is 4.72 Å². The molecule has 0 fully saturated rings. The number of amidine groups is 1. The summed E-state index contributed by atoms with van der Waals surface area (Å²) in [6, 6.07) is 5.94. The monoisotopic (exact) mass is 192 g/mol. The summed E-state index contributed by atoms with van der Waals surface area (Å²) in [5.41, 5.74) is 2.05. The first-order valence-corrected chi connectivity index (χ1v) is 4.68. The first kappa shape index (κ1) is 8.31. The average molecular weight is 192 g/mol. The molecule has 0 saturated heterocycles. The Morgan fingerprint density at radius 3 is 3.15 bits per heavy atom. The third kappa shape index (κ3) is 1.58. The van der Waals surface area contributed by atoms with Crippen LogP contribution in [0.25, 0.3) is 0 Å². The molecule has 0 unspecified atom stereocenters. The lowest BCUT2D eigenvalue weighted by Crippen LogP contribution is -2.19. The lowest BCUT2D eigenvalue weighted by atomic mass is 10.2. The summed E-state index contributed by atoms with van der Waals surface area (Å²) in [5, 5.41) is 0. The normalized spacial score (nSPS) is 14.1. The molecule has 1 aliphatic heterocycles. The van der Waals surface area contributed by atoms with Crippen LogP contribution in [0.3, 0.4) is 0 Å². The molecular formula is C9H8N2OS. The quantitative estimate of drug-likeness (QED) is 0.545. The van der Waals surface area contributed by atoms with Crippen molar-refractivity contribution in [1.82, 2.24) is 4.72 Å². The predicted octanol–water partition coefficient (Wildman–Crippen LogP) is 1.83. The molecule has 0 radical (unpaired) electrons. The third-order valence-corrected chi connectivity index (χ3v) is 2.59. The molecule has 4 heteroatoms. The number of aryl methyl sites for hydroxylation is 1. The van der Waals surface area contributed by atoms with E-state index >= 15 is 0 Å². The Kier molecular flexibility index (Phi) is 2.06. The van der Waals surface area contributed by atoms with Crippen LogP contribution >= 0.6 is 11.9 Å². The summed E-state index contributed by atoms with van der Waals surface area (Å²) >= 11 is 1.42. The van der Waals surface area contributed by atoms with Gasteiger partial charge in [-0.1, -0.05) is 6.07 Å². The van der Waals surface area contributed by atoms with Crippen LogP contribution in [0.15, 0.2) is 28.1 Å². The van der Waals surface area contributed by atoms with E-state index in [1.807, 2.05) is 25.1 Å². The number of aldehydes is 1. The van der Waals surface area contributed by atoms with Gasteiger partial charge in [0.05, 0.1) is 10.6 Å². The fourth-order valence-electron chi connectivity index (χ4n) is 1.11. The van der Waals surface area contributed by atoms with Crippen LogP contribution in [0.2, 0.25) is 0 Å². The molecule has 0 amide bonds. The van der Waals surface area contributed by atoms with Crippen molar-refractivity contribution < 1.29 is 4.79 Å². The van der Waals surface area contributed by atoms with Gasteiger partial charge in [0.15, 0.2) is 12.1 Å². The summed E-state index contributed by atoms with van der Waals surface area (Å²) in [4.78, 5) is 15.6. The molecule has 0 aliphatic carbocycles. The molecule has 0 spiro atoms. The zero-order chi connectivity index (χ0) is 9.26. The Morgan fingerprint density at radius 1 is 1.54 bits per heavy atom.